The highest BCUT2D eigenvalue weighted by Crippen LogP contribution is 2.17. The van der Waals surface area contributed by atoms with E-state index in [9.17, 15) is 9.90 Å². The van der Waals surface area contributed by atoms with Crippen molar-refractivity contribution in [1.29, 1.82) is 5.41 Å². The molecule has 0 aliphatic heterocycles. The molecule has 0 bridgehead atoms. The molecule has 7 heteroatoms. The Morgan fingerprint density at radius 3 is 2.44 bits per heavy atom. The van der Waals surface area contributed by atoms with Crippen LogP contribution in [0.1, 0.15) is 27.2 Å². The minimum Gasteiger partial charge on any atom is -0.497 e. The highest BCUT2D eigenvalue weighted by Gasteiger charge is 2.18. The lowest BCUT2D eigenvalue weighted by molar-refractivity contribution is 0.0916. The molecule has 0 spiro atoms. The maximum atomic E-state index is 13.0. The molecule has 0 aliphatic rings. The number of hydrogen-bond donors (Lipinski definition) is 4. The Kier molecular flexibility index (Phi) is 7.72. The minimum absolute atomic E-state index is 0.106. The van der Waals surface area contributed by atoms with Gasteiger partial charge < -0.3 is 26.3 Å². The fraction of sp³-hybridized carbons (Fsp3) is 0.160. The lowest BCUT2D eigenvalue weighted by atomic mass is 10.00. The molecule has 32 heavy (non-hydrogen) atoms. The van der Waals surface area contributed by atoms with E-state index in [0.717, 1.165) is 11.3 Å². The van der Waals surface area contributed by atoms with E-state index in [-0.39, 0.29) is 18.2 Å². The first kappa shape index (κ1) is 22.7. The molecule has 0 unspecified atom stereocenters. The summed E-state index contributed by atoms with van der Waals surface area (Å²) in [5.41, 5.74) is 8.96. The topological polar surface area (TPSA) is 121 Å². The van der Waals surface area contributed by atoms with Gasteiger partial charge in [0.05, 0.1) is 25.5 Å². The van der Waals surface area contributed by atoms with Gasteiger partial charge in [-0.3, -0.25) is 9.78 Å². The van der Waals surface area contributed by atoms with Crippen molar-refractivity contribution in [3.8, 4) is 5.75 Å². The molecule has 1 atom stereocenters. The molecule has 5 N–H and O–H groups in total. The van der Waals surface area contributed by atoms with Crippen molar-refractivity contribution >= 4 is 17.3 Å². The molecule has 164 valence electrons. The van der Waals surface area contributed by atoms with Gasteiger partial charge in [-0.25, -0.2) is 0 Å². The molecule has 1 amide bonds. The second kappa shape index (κ2) is 10.9. The summed E-state index contributed by atoms with van der Waals surface area (Å²) < 4.78 is 5.15. The highest BCUT2D eigenvalue weighted by molar-refractivity contribution is 6.15. The zero-order valence-corrected chi connectivity index (χ0v) is 17.8. The number of ether oxygens (including phenoxy) is 1. The van der Waals surface area contributed by atoms with Gasteiger partial charge in [0.2, 0.25) is 0 Å². The molecular formula is C25H26N4O3. The number of aliphatic hydroxyl groups is 1. The zero-order chi connectivity index (χ0) is 22.9. The first-order chi connectivity index (χ1) is 15.5. The van der Waals surface area contributed by atoms with Gasteiger partial charge in [-0.2, -0.15) is 0 Å². The molecule has 0 saturated heterocycles. The van der Waals surface area contributed by atoms with E-state index >= 15 is 0 Å². The number of hydrogen-bond acceptors (Lipinski definition) is 6. The third kappa shape index (κ3) is 5.80. The van der Waals surface area contributed by atoms with E-state index in [2.05, 4.69) is 10.3 Å². The number of aromatic nitrogens is 1. The number of nitrogens with zero attached hydrogens (tertiary/aromatic N) is 1. The van der Waals surface area contributed by atoms with Crippen molar-refractivity contribution in [1.82, 2.24) is 10.3 Å². The average molecular weight is 431 g/mol. The lowest BCUT2D eigenvalue weighted by Crippen LogP contribution is -2.39. The number of carbonyl (C=O) groups excluding carboxylic acids is 1. The third-order valence-corrected chi connectivity index (χ3v) is 4.92. The van der Waals surface area contributed by atoms with Crippen LogP contribution in [0, 0.1) is 5.41 Å². The molecule has 0 aliphatic carbocycles. The number of amides is 1. The maximum absolute atomic E-state index is 13.0. The Morgan fingerprint density at radius 1 is 1.12 bits per heavy atom. The average Bonchev–Trinajstić information content (AvgIpc) is 2.84. The van der Waals surface area contributed by atoms with Crippen molar-refractivity contribution < 1.29 is 14.6 Å². The summed E-state index contributed by atoms with van der Waals surface area (Å²) in [4.78, 5) is 17.2. The van der Waals surface area contributed by atoms with Crippen LogP contribution in [0.25, 0.3) is 5.70 Å². The molecule has 1 heterocycles. The summed E-state index contributed by atoms with van der Waals surface area (Å²) in [7, 11) is 1.59. The van der Waals surface area contributed by atoms with Crippen LogP contribution in [0.15, 0.2) is 79.0 Å². The highest BCUT2D eigenvalue weighted by atomic mass is 16.5. The standard InChI is InChI=1S/C25H26N4O3/c1-32-20-11-9-17(10-12-20)23(26)15-24(27)21-7-2-3-8-22(21)25(31)29-19(16-30)14-18-6-4-5-13-28-18/h2-13,15,19,27,30H,14,16,26H2,1H3,(H,29,31)/b23-15-,27-24?/t19-/m1/s1. The van der Waals surface area contributed by atoms with Crippen LogP contribution in [-0.2, 0) is 6.42 Å². The van der Waals surface area contributed by atoms with Crippen molar-refractivity contribution in [2.45, 2.75) is 12.5 Å². The van der Waals surface area contributed by atoms with Crippen molar-refractivity contribution in [2.24, 2.45) is 5.73 Å². The van der Waals surface area contributed by atoms with Crippen LogP contribution in [0.4, 0.5) is 0 Å². The van der Waals surface area contributed by atoms with Crippen molar-refractivity contribution in [2.75, 3.05) is 13.7 Å². The Morgan fingerprint density at radius 2 is 1.81 bits per heavy atom. The Hall–Kier alpha value is -3.97. The molecule has 3 aromatic rings. The first-order valence-corrected chi connectivity index (χ1v) is 10.1. The van der Waals surface area contributed by atoms with Gasteiger partial charge in [0.15, 0.2) is 0 Å². The third-order valence-electron chi connectivity index (χ3n) is 4.92. The van der Waals surface area contributed by atoms with E-state index in [1.165, 1.54) is 6.08 Å². The maximum Gasteiger partial charge on any atom is 0.252 e. The number of nitrogens with one attached hydrogen (secondary N) is 2. The summed E-state index contributed by atoms with van der Waals surface area (Å²) >= 11 is 0. The van der Waals surface area contributed by atoms with Crippen LogP contribution in [-0.4, -0.2) is 41.5 Å². The molecule has 0 radical (unpaired) electrons. The van der Waals surface area contributed by atoms with E-state index in [1.54, 1.807) is 61.8 Å². The predicted molar refractivity (Wildman–Crippen MR) is 125 cm³/mol. The number of benzene rings is 2. The molecule has 1 aromatic heterocycles. The Bertz CT molecular complexity index is 1100. The van der Waals surface area contributed by atoms with Crippen molar-refractivity contribution in [3.05, 3.63) is 101 Å². The predicted octanol–water partition coefficient (Wildman–Crippen LogP) is 2.79. The second-order valence-electron chi connectivity index (χ2n) is 7.17. The van der Waals surface area contributed by atoms with E-state index in [0.29, 0.717) is 29.0 Å². The molecule has 3 rings (SSSR count). The van der Waals surface area contributed by atoms with Crippen molar-refractivity contribution in [3.63, 3.8) is 0 Å². The lowest BCUT2D eigenvalue weighted by Gasteiger charge is -2.17. The monoisotopic (exact) mass is 430 g/mol. The van der Waals surface area contributed by atoms with Crippen LogP contribution >= 0.6 is 0 Å². The summed E-state index contributed by atoms with van der Waals surface area (Å²) in [6.45, 7) is -0.230. The van der Waals surface area contributed by atoms with Gasteiger partial charge >= 0.3 is 0 Å². The number of nitrogens with two attached hydrogens (primary N) is 1. The van der Waals surface area contributed by atoms with Gasteiger partial charge in [0.25, 0.3) is 5.91 Å². The largest absolute Gasteiger partial charge is 0.497 e. The number of methoxy groups -OCH3 is 1. The number of carbonyl (C=O) groups is 1. The first-order valence-electron chi connectivity index (χ1n) is 10.1. The van der Waals surface area contributed by atoms with Gasteiger partial charge in [-0.15, -0.1) is 0 Å². The van der Waals surface area contributed by atoms with Crippen LogP contribution < -0.4 is 15.8 Å². The molecule has 7 nitrogen and oxygen atoms in total. The number of aliphatic hydroxyl groups excluding tert-OH is 1. The van der Waals surface area contributed by atoms with E-state index in [4.69, 9.17) is 15.9 Å². The number of allylic oxidation sites excluding steroid dienone is 1. The zero-order valence-electron chi connectivity index (χ0n) is 17.8. The molecular weight excluding hydrogens is 404 g/mol. The quantitative estimate of drug-likeness (QED) is 0.389. The molecule has 0 fully saturated rings. The Labute approximate surface area is 187 Å². The van der Waals surface area contributed by atoms with Crippen LogP contribution in [0.3, 0.4) is 0 Å². The van der Waals surface area contributed by atoms with Gasteiger partial charge in [0, 0.05) is 35.1 Å². The van der Waals surface area contributed by atoms with Crippen LogP contribution in [0.2, 0.25) is 0 Å². The normalized spacial score (nSPS) is 12.1. The van der Waals surface area contributed by atoms with Gasteiger partial charge in [-0.1, -0.05) is 24.3 Å². The number of pyridine rings is 1. The smallest absolute Gasteiger partial charge is 0.252 e. The summed E-state index contributed by atoms with van der Waals surface area (Å²) in [5.74, 6) is 0.333. The second-order valence-corrected chi connectivity index (χ2v) is 7.17. The minimum atomic E-state index is -0.500. The van der Waals surface area contributed by atoms with Gasteiger partial charge in [0.1, 0.15) is 5.75 Å². The Balaban J connectivity index is 1.77. The summed E-state index contributed by atoms with van der Waals surface area (Å²) in [5, 5.41) is 21.1. The van der Waals surface area contributed by atoms with Crippen LogP contribution in [0.5, 0.6) is 5.75 Å². The summed E-state index contributed by atoms with van der Waals surface area (Å²) in [6, 6.07) is 19.0. The fourth-order valence-electron chi connectivity index (χ4n) is 3.21. The fourth-order valence-corrected chi connectivity index (χ4v) is 3.21. The van der Waals surface area contributed by atoms with E-state index in [1.807, 2.05) is 18.2 Å². The number of rotatable bonds is 9. The molecule has 2 aromatic carbocycles. The SMILES string of the molecule is COc1ccc(/C(N)=C/C(=N)c2ccccc2C(=O)N[C@@H](CO)Cc2ccccn2)cc1. The van der Waals surface area contributed by atoms with Gasteiger partial charge in [-0.05, 0) is 54.1 Å². The molecule has 0 saturated carbocycles. The summed E-state index contributed by atoms with van der Waals surface area (Å²) in [6.07, 6.45) is 3.58. The van der Waals surface area contributed by atoms with E-state index < -0.39 is 6.04 Å².